The Balaban J connectivity index is 1.69. The Hall–Kier alpha value is -1.44. The summed E-state index contributed by atoms with van der Waals surface area (Å²) in [4.78, 5) is 15.2. The molecule has 2 N–H and O–H groups in total. The highest BCUT2D eigenvalue weighted by Gasteiger charge is 2.40. The summed E-state index contributed by atoms with van der Waals surface area (Å²) in [6, 6.07) is 8.49. The molecule has 1 aliphatic carbocycles. The maximum Gasteiger partial charge on any atom is 0.243 e. The van der Waals surface area contributed by atoms with Gasteiger partial charge in [0.2, 0.25) is 15.9 Å². The molecule has 1 aromatic carbocycles. The number of sulfonamides is 1. The van der Waals surface area contributed by atoms with Crippen LogP contribution in [0.15, 0.2) is 35.2 Å². The van der Waals surface area contributed by atoms with Crippen molar-refractivity contribution in [3.05, 3.63) is 30.3 Å². The second kappa shape index (κ2) is 7.66. The Labute approximate surface area is 156 Å². The fraction of sp³-hybridized carbons (Fsp3) is 0.632. The lowest BCUT2D eigenvalue weighted by molar-refractivity contribution is -0.138. The van der Waals surface area contributed by atoms with Gasteiger partial charge in [0.1, 0.15) is 0 Å². The number of nitrogens with zero attached hydrogens (tertiary/aromatic N) is 2. The highest BCUT2D eigenvalue weighted by Crippen LogP contribution is 2.33. The van der Waals surface area contributed by atoms with E-state index < -0.39 is 15.6 Å². The molecule has 7 heteroatoms. The molecule has 2 aliphatic rings. The van der Waals surface area contributed by atoms with Crippen LogP contribution in [0.25, 0.3) is 0 Å². The van der Waals surface area contributed by atoms with E-state index in [0.29, 0.717) is 37.5 Å². The Kier molecular flexibility index (Phi) is 5.69. The van der Waals surface area contributed by atoms with Crippen LogP contribution in [-0.2, 0) is 14.8 Å². The second-order valence-electron chi connectivity index (χ2n) is 7.70. The molecule has 0 bridgehead atoms. The Morgan fingerprint density at radius 2 is 1.81 bits per heavy atom. The zero-order valence-corrected chi connectivity index (χ0v) is 16.2. The van der Waals surface area contributed by atoms with Gasteiger partial charge in [-0.1, -0.05) is 31.0 Å². The molecule has 1 amide bonds. The fourth-order valence-electron chi connectivity index (χ4n) is 4.08. The second-order valence-corrected chi connectivity index (χ2v) is 9.64. The first-order valence-electron chi connectivity index (χ1n) is 9.45. The Morgan fingerprint density at radius 3 is 2.50 bits per heavy atom. The molecule has 1 saturated heterocycles. The van der Waals surface area contributed by atoms with Crippen LogP contribution < -0.4 is 5.73 Å². The Bertz CT molecular complexity index is 734. The monoisotopic (exact) mass is 379 g/mol. The third-order valence-electron chi connectivity index (χ3n) is 5.70. The minimum absolute atomic E-state index is 0.0914. The fourth-order valence-corrected chi connectivity index (χ4v) is 5.57. The number of nitrogens with two attached hydrogens (primary N) is 1. The summed E-state index contributed by atoms with van der Waals surface area (Å²) in [7, 11) is -3.51. The molecule has 1 aromatic rings. The lowest BCUT2D eigenvalue weighted by Gasteiger charge is -2.39. The summed E-state index contributed by atoms with van der Waals surface area (Å²) < 4.78 is 27.1. The van der Waals surface area contributed by atoms with Gasteiger partial charge in [-0.2, -0.15) is 4.31 Å². The van der Waals surface area contributed by atoms with Crippen LogP contribution in [0.4, 0.5) is 0 Å². The van der Waals surface area contributed by atoms with Crippen LogP contribution in [0.1, 0.15) is 39.0 Å². The van der Waals surface area contributed by atoms with Gasteiger partial charge >= 0.3 is 0 Å². The van der Waals surface area contributed by atoms with Gasteiger partial charge in [0, 0.05) is 31.7 Å². The average Bonchev–Trinajstić information content (AvgIpc) is 2.88. The molecule has 3 rings (SSSR count). The first-order chi connectivity index (χ1) is 12.3. The van der Waals surface area contributed by atoms with Gasteiger partial charge < -0.3 is 10.6 Å². The van der Waals surface area contributed by atoms with E-state index >= 15 is 0 Å². The van der Waals surface area contributed by atoms with Crippen LogP contribution in [0.2, 0.25) is 0 Å². The molecular weight excluding hydrogens is 350 g/mol. The quantitative estimate of drug-likeness (QED) is 0.868. The number of carbonyl (C=O) groups excluding carboxylic acids is 1. The molecule has 144 valence electrons. The molecule has 26 heavy (non-hydrogen) atoms. The van der Waals surface area contributed by atoms with Crippen molar-refractivity contribution in [2.24, 2.45) is 11.7 Å². The summed E-state index contributed by atoms with van der Waals surface area (Å²) >= 11 is 0. The third kappa shape index (κ3) is 3.94. The summed E-state index contributed by atoms with van der Waals surface area (Å²) in [6.07, 6.45) is 4.44. The highest BCUT2D eigenvalue weighted by atomic mass is 32.2. The van der Waals surface area contributed by atoms with Gasteiger partial charge in [0.25, 0.3) is 0 Å². The van der Waals surface area contributed by atoms with E-state index in [1.807, 2.05) is 11.8 Å². The predicted octanol–water partition coefficient (Wildman–Crippen LogP) is 1.82. The van der Waals surface area contributed by atoms with Crippen LogP contribution in [-0.4, -0.2) is 55.2 Å². The molecule has 2 atom stereocenters. The number of hydrogen-bond acceptors (Lipinski definition) is 4. The lowest BCUT2D eigenvalue weighted by atomic mass is 9.74. The molecule has 0 aromatic heterocycles. The molecule has 0 radical (unpaired) electrons. The van der Waals surface area contributed by atoms with Crippen molar-refractivity contribution in [1.29, 1.82) is 0 Å². The maximum atomic E-state index is 13.0. The van der Waals surface area contributed by atoms with Crippen molar-refractivity contribution in [3.63, 3.8) is 0 Å². The van der Waals surface area contributed by atoms with Crippen LogP contribution in [0, 0.1) is 5.92 Å². The summed E-state index contributed by atoms with van der Waals surface area (Å²) in [6.45, 7) is 3.75. The van der Waals surface area contributed by atoms with E-state index in [4.69, 9.17) is 5.73 Å². The molecule has 2 unspecified atom stereocenters. The molecule has 1 saturated carbocycles. The number of rotatable bonds is 3. The van der Waals surface area contributed by atoms with Crippen molar-refractivity contribution in [2.75, 3.05) is 26.2 Å². The smallest absolute Gasteiger partial charge is 0.243 e. The Morgan fingerprint density at radius 1 is 1.08 bits per heavy atom. The van der Waals surface area contributed by atoms with E-state index in [-0.39, 0.29) is 11.8 Å². The molecule has 6 nitrogen and oxygen atoms in total. The highest BCUT2D eigenvalue weighted by molar-refractivity contribution is 7.89. The van der Waals surface area contributed by atoms with Crippen molar-refractivity contribution in [1.82, 2.24) is 9.21 Å². The predicted molar refractivity (Wildman–Crippen MR) is 101 cm³/mol. The van der Waals surface area contributed by atoms with Crippen LogP contribution >= 0.6 is 0 Å². The minimum atomic E-state index is -3.51. The molecule has 2 fully saturated rings. The van der Waals surface area contributed by atoms with Gasteiger partial charge in [-0.25, -0.2) is 8.42 Å². The SMILES string of the molecule is CC1(N)CCCCC1C(=O)N1CCCN(S(=O)(=O)c2ccccc2)CC1. The molecule has 0 spiro atoms. The minimum Gasteiger partial charge on any atom is -0.341 e. The number of benzene rings is 1. The van der Waals surface area contributed by atoms with Crippen molar-refractivity contribution >= 4 is 15.9 Å². The van der Waals surface area contributed by atoms with Gasteiger partial charge in [-0.3, -0.25) is 4.79 Å². The van der Waals surface area contributed by atoms with Gasteiger partial charge in [0.05, 0.1) is 10.8 Å². The number of hydrogen-bond donors (Lipinski definition) is 1. The first-order valence-corrected chi connectivity index (χ1v) is 10.9. The summed E-state index contributed by atoms with van der Waals surface area (Å²) in [5.74, 6) is -0.0674. The van der Waals surface area contributed by atoms with Crippen molar-refractivity contribution in [3.8, 4) is 0 Å². The maximum absolute atomic E-state index is 13.0. The van der Waals surface area contributed by atoms with E-state index in [9.17, 15) is 13.2 Å². The molecule has 1 heterocycles. The zero-order chi connectivity index (χ0) is 18.8. The van der Waals surface area contributed by atoms with Crippen molar-refractivity contribution in [2.45, 2.75) is 49.5 Å². The summed E-state index contributed by atoms with van der Waals surface area (Å²) in [5.41, 5.74) is 5.93. The van der Waals surface area contributed by atoms with E-state index in [1.54, 1.807) is 30.3 Å². The molecule has 1 aliphatic heterocycles. The van der Waals surface area contributed by atoms with E-state index in [0.717, 1.165) is 25.7 Å². The van der Waals surface area contributed by atoms with Crippen LogP contribution in [0.5, 0.6) is 0 Å². The van der Waals surface area contributed by atoms with Gasteiger partial charge in [-0.05, 0) is 38.3 Å². The van der Waals surface area contributed by atoms with Crippen molar-refractivity contribution < 1.29 is 13.2 Å². The van der Waals surface area contributed by atoms with Gasteiger partial charge in [-0.15, -0.1) is 0 Å². The average molecular weight is 380 g/mol. The summed E-state index contributed by atoms with van der Waals surface area (Å²) in [5, 5.41) is 0. The largest absolute Gasteiger partial charge is 0.341 e. The van der Waals surface area contributed by atoms with E-state index in [2.05, 4.69) is 0 Å². The number of carbonyl (C=O) groups is 1. The van der Waals surface area contributed by atoms with Gasteiger partial charge in [0.15, 0.2) is 0 Å². The standard InChI is InChI=1S/C19H29N3O3S/c1-19(20)11-6-5-10-17(19)18(23)21-12-7-13-22(15-14-21)26(24,25)16-8-3-2-4-9-16/h2-4,8-9,17H,5-7,10-15,20H2,1H3. The lowest BCUT2D eigenvalue weighted by Crippen LogP contribution is -2.54. The van der Waals surface area contributed by atoms with E-state index in [1.165, 1.54) is 4.31 Å². The third-order valence-corrected chi connectivity index (χ3v) is 7.61. The molecular formula is C19H29N3O3S. The zero-order valence-electron chi connectivity index (χ0n) is 15.4. The van der Waals surface area contributed by atoms with Crippen LogP contribution in [0.3, 0.4) is 0 Å². The first kappa shape index (κ1) is 19.3. The topological polar surface area (TPSA) is 83.7 Å². The normalized spacial score (nSPS) is 28.5. The number of amides is 1.